The van der Waals surface area contributed by atoms with Gasteiger partial charge >= 0.3 is 0 Å². The molecule has 10 heteroatoms. The summed E-state index contributed by atoms with van der Waals surface area (Å²) in [5.74, 6) is 0.931. The Morgan fingerprint density at radius 1 is 1.23 bits per heavy atom. The normalized spacial score (nSPS) is 12.6. The van der Waals surface area contributed by atoms with Gasteiger partial charge in [-0.2, -0.15) is 16.5 Å². The summed E-state index contributed by atoms with van der Waals surface area (Å²) >= 11 is 2.86. The highest BCUT2D eigenvalue weighted by atomic mass is 32.2. The van der Waals surface area contributed by atoms with Crippen LogP contribution in [0.25, 0.3) is 10.2 Å². The van der Waals surface area contributed by atoms with Gasteiger partial charge in [-0.25, -0.2) is 13.4 Å². The maximum atomic E-state index is 12.9. The van der Waals surface area contributed by atoms with Crippen LogP contribution in [0.15, 0.2) is 47.4 Å². The fourth-order valence-electron chi connectivity index (χ4n) is 2.86. The molecule has 1 unspecified atom stereocenters. The molecule has 0 saturated heterocycles. The minimum absolute atomic E-state index is 0.128. The molecule has 0 aliphatic rings. The number of anilines is 1. The largest absolute Gasteiger partial charge is 0.494 e. The average molecular weight is 480 g/mol. The molecule has 1 heterocycles. The van der Waals surface area contributed by atoms with E-state index >= 15 is 0 Å². The number of hydrogen-bond acceptors (Lipinski definition) is 7. The number of thioether (sulfide) groups is 1. The van der Waals surface area contributed by atoms with Gasteiger partial charge in [-0.15, -0.1) is 0 Å². The zero-order chi connectivity index (χ0) is 22.4. The van der Waals surface area contributed by atoms with E-state index in [1.165, 1.54) is 23.5 Å². The standard InChI is InChI=1S/C21H25N3O4S3/c1-4-28-15-7-10-17-19(13-15)30-21(22-17)23-20(25)18(11-12-29-3)24-31(26,27)16-8-5-14(2)6-9-16/h5-10,13,18,24H,4,11-12H2,1-3H3,(H,22,23,25). The zero-order valence-electron chi connectivity index (χ0n) is 17.5. The van der Waals surface area contributed by atoms with Gasteiger partial charge in [0.1, 0.15) is 11.8 Å². The molecule has 31 heavy (non-hydrogen) atoms. The van der Waals surface area contributed by atoms with Crippen molar-refractivity contribution in [2.75, 3.05) is 23.9 Å². The Bertz CT molecular complexity index is 1140. The molecule has 7 nitrogen and oxygen atoms in total. The lowest BCUT2D eigenvalue weighted by Crippen LogP contribution is -2.44. The van der Waals surface area contributed by atoms with Gasteiger partial charge in [0.05, 0.1) is 21.7 Å². The second kappa shape index (κ2) is 10.4. The fourth-order valence-corrected chi connectivity index (χ4v) is 5.46. The van der Waals surface area contributed by atoms with E-state index in [-0.39, 0.29) is 4.90 Å². The van der Waals surface area contributed by atoms with E-state index in [4.69, 9.17) is 4.74 Å². The zero-order valence-corrected chi connectivity index (χ0v) is 20.0. The monoisotopic (exact) mass is 479 g/mol. The lowest BCUT2D eigenvalue weighted by Gasteiger charge is -2.17. The minimum Gasteiger partial charge on any atom is -0.494 e. The Hall–Kier alpha value is -2.14. The number of sulfonamides is 1. The predicted molar refractivity (Wildman–Crippen MR) is 128 cm³/mol. The SMILES string of the molecule is CCOc1ccc2nc(NC(=O)C(CCSC)NS(=O)(=O)c3ccc(C)cc3)sc2c1. The number of fused-ring (bicyclic) bond motifs is 1. The second-order valence-corrected chi connectivity index (χ2v) is 10.6. The summed E-state index contributed by atoms with van der Waals surface area (Å²) in [7, 11) is -3.83. The average Bonchev–Trinajstić information content (AvgIpc) is 3.13. The van der Waals surface area contributed by atoms with Crippen molar-refractivity contribution in [2.45, 2.75) is 31.2 Å². The van der Waals surface area contributed by atoms with Gasteiger partial charge in [0.15, 0.2) is 5.13 Å². The van der Waals surface area contributed by atoms with E-state index in [1.54, 1.807) is 23.9 Å². The molecule has 2 N–H and O–H groups in total. The van der Waals surface area contributed by atoms with Gasteiger partial charge < -0.3 is 10.1 Å². The van der Waals surface area contributed by atoms with Gasteiger partial charge in [0.2, 0.25) is 15.9 Å². The highest BCUT2D eigenvalue weighted by molar-refractivity contribution is 7.98. The van der Waals surface area contributed by atoms with E-state index < -0.39 is 22.0 Å². The second-order valence-electron chi connectivity index (χ2n) is 6.84. The topological polar surface area (TPSA) is 97.4 Å². The first kappa shape index (κ1) is 23.5. The van der Waals surface area contributed by atoms with Crippen molar-refractivity contribution < 1.29 is 17.9 Å². The molecule has 3 aromatic rings. The number of hydrogen-bond donors (Lipinski definition) is 2. The van der Waals surface area contributed by atoms with Crippen molar-refractivity contribution in [2.24, 2.45) is 0 Å². The molecule has 0 bridgehead atoms. The highest BCUT2D eigenvalue weighted by Gasteiger charge is 2.26. The molecule has 166 valence electrons. The Morgan fingerprint density at radius 3 is 2.65 bits per heavy atom. The lowest BCUT2D eigenvalue weighted by atomic mass is 10.2. The summed E-state index contributed by atoms with van der Waals surface area (Å²) in [6.45, 7) is 4.36. The summed E-state index contributed by atoms with van der Waals surface area (Å²) in [6.07, 6.45) is 2.27. The number of ether oxygens (including phenoxy) is 1. The molecule has 0 aliphatic carbocycles. The quantitative estimate of drug-likeness (QED) is 0.455. The molecular formula is C21H25N3O4S3. The molecule has 0 saturated carbocycles. The summed E-state index contributed by atoms with van der Waals surface area (Å²) in [5, 5.41) is 3.18. The molecule has 0 aliphatic heterocycles. The van der Waals surface area contributed by atoms with Crippen LogP contribution in [-0.4, -0.2) is 44.0 Å². The Kier molecular flexibility index (Phi) is 7.93. The predicted octanol–water partition coefficient (Wildman–Crippen LogP) is 4.04. The van der Waals surface area contributed by atoms with Crippen LogP contribution in [0.1, 0.15) is 18.9 Å². The number of benzene rings is 2. The van der Waals surface area contributed by atoms with Gasteiger partial charge in [-0.3, -0.25) is 4.79 Å². The summed E-state index contributed by atoms with van der Waals surface area (Å²) in [6, 6.07) is 11.1. The summed E-state index contributed by atoms with van der Waals surface area (Å²) in [4.78, 5) is 17.5. The Balaban J connectivity index is 1.77. The van der Waals surface area contributed by atoms with Crippen molar-refractivity contribution in [1.29, 1.82) is 0 Å². The van der Waals surface area contributed by atoms with Crippen molar-refractivity contribution in [3.63, 3.8) is 0 Å². The fraction of sp³-hybridized carbons (Fsp3) is 0.333. The molecule has 0 spiro atoms. The number of nitrogens with one attached hydrogen (secondary N) is 2. The van der Waals surface area contributed by atoms with Crippen LogP contribution in [0.3, 0.4) is 0 Å². The maximum absolute atomic E-state index is 12.9. The summed E-state index contributed by atoms with van der Waals surface area (Å²) < 4.78 is 34.5. The van der Waals surface area contributed by atoms with E-state index in [0.717, 1.165) is 21.5 Å². The van der Waals surface area contributed by atoms with Crippen LogP contribution in [-0.2, 0) is 14.8 Å². The number of carbonyl (C=O) groups is 1. The van der Waals surface area contributed by atoms with E-state index in [1.807, 2.05) is 38.3 Å². The van der Waals surface area contributed by atoms with Gasteiger partial charge in [-0.05, 0) is 62.6 Å². The van der Waals surface area contributed by atoms with Crippen LogP contribution in [0, 0.1) is 6.92 Å². The number of carbonyl (C=O) groups excluding carboxylic acids is 1. The molecule has 0 radical (unpaired) electrons. The minimum atomic E-state index is -3.83. The molecule has 1 aromatic heterocycles. The molecule has 0 fully saturated rings. The van der Waals surface area contributed by atoms with Crippen molar-refractivity contribution in [1.82, 2.24) is 9.71 Å². The number of aromatic nitrogens is 1. The van der Waals surface area contributed by atoms with Crippen LogP contribution in [0.4, 0.5) is 5.13 Å². The third-order valence-corrected chi connectivity index (χ3v) is 7.52. The van der Waals surface area contributed by atoms with Crippen LogP contribution in [0.5, 0.6) is 5.75 Å². The van der Waals surface area contributed by atoms with Gasteiger partial charge in [0.25, 0.3) is 0 Å². The molecular weight excluding hydrogens is 454 g/mol. The Morgan fingerprint density at radius 2 is 1.97 bits per heavy atom. The first-order chi connectivity index (χ1) is 14.8. The molecule has 2 aromatic carbocycles. The van der Waals surface area contributed by atoms with Crippen LogP contribution >= 0.6 is 23.1 Å². The third kappa shape index (κ3) is 6.19. The Labute approximate surface area is 190 Å². The van der Waals surface area contributed by atoms with Gasteiger partial charge in [0, 0.05) is 0 Å². The lowest BCUT2D eigenvalue weighted by molar-refractivity contribution is -0.117. The third-order valence-electron chi connectivity index (χ3n) is 4.46. The van der Waals surface area contributed by atoms with Crippen molar-refractivity contribution >= 4 is 54.4 Å². The van der Waals surface area contributed by atoms with Crippen LogP contribution < -0.4 is 14.8 Å². The van der Waals surface area contributed by atoms with Crippen LogP contribution in [0.2, 0.25) is 0 Å². The smallest absolute Gasteiger partial charge is 0.244 e. The first-order valence-corrected chi connectivity index (χ1v) is 13.4. The summed E-state index contributed by atoms with van der Waals surface area (Å²) in [5.41, 5.74) is 1.70. The first-order valence-electron chi connectivity index (χ1n) is 9.74. The number of aryl methyl sites for hydroxylation is 1. The maximum Gasteiger partial charge on any atom is 0.244 e. The van der Waals surface area contributed by atoms with E-state index in [9.17, 15) is 13.2 Å². The van der Waals surface area contributed by atoms with Crippen molar-refractivity contribution in [3.8, 4) is 5.75 Å². The van der Waals surface area contributed by atoms with E-state index in [0.29, 0.717) is 23.9 Å². The van der Waals surface area contributed by atoms with E-state index in [2.05, 4.69) is 15.0 Å². The van der Waals surface area contributed by atoms with Crippen molar-refractivity contribution in [3.05, 3.63) is 48.0 Å². The molecule has 1 atom stereocenters. The number of nitrogens with zero attached hydrogens (tertiary/aromatic N) is 1. The van der Waals surface area contributed by atoms with Gasteiger partial charge in [-0.1, -0.05) is 29.0 Å². The number of rotatable bonds is 10. The highest BCUT2D eigenvalue weighted by Crippen LogP contribution is 2.29. The number of thiazole rings is 1. The molecule has 1 amide bonds. The number of amides is 1. The molecule has 3 rings (SSSR count).